The molecular formula is C13H28N2. The van der Waals surface area contributed by atoms with Gasteiger partial charge in [0.15, 0.2) is 0 Å². The van der Waals surface area contributed by atoms with E-state index in [1.165, 1.54) is 19.3 Å². The summed E-state index contributed by atoms with van der Waals surface area (Å²) < 4.78 is 0. The number of nitrogens with zero attached hydrogens (tertiary/aromatic N) is 1. The van der Waals surface area contributed by atoms with Crippen molar-refractivity contribution in [1.29, 1.82) is 0 Å². The van der Waals surface area contributed by atoms with Crippen molar-refractivity contribution < 1.29 is 0 Å². The van der Waals surface area contributed by atoms with Crippen LogP contribution in [0.5, 0.6) is 0 Å². The highest BCUT2D eigenvalue weighted by molar-refractivity contribution is 4.92. The molecule has 2 N–H and O–H groups in total. The molecule has 1 rings (SSSR count). The number of hydrogen-bond donors (Lipinski definition) is 1. The molecular weight excluding hydrogens is 184 g/mol. The normalized spacial score (nSPS) is 31.2. The summed E-state index contributed by atoms with van der Waals surface area (Å²) in [6, 6.07) is 0.995. The van der Waals surface area contributed by atoms with Crippen LogP contribution in [0, 0.1) is 11.3 Å². The lowest BCUT2D eigenvalue weighted by Crippen LogP contribution is -2.50. The van der Waals surface area contributed by atoms with Crippen LogP contribution in [0.3, 0.4) is 0 Å². The molecule has 0 aliphatic heterocycles. The van der Waals surface area contributed by atoms with Crippen LogP contribution in [0.25, 0.3) is 0 Å². The smallest absolute Gasteiger partial charge is 0.0131 e. The summed E-state index contributed by atoms with van der Waals surface area (Å²) in [6.45, 7) is 10.3. The van der Waals surface area contributed by atoms with Gasteiger partial charge in [0.1, 0.15) is 0 Å². The Morgan fingerprint density at radius 2 is 2.00 bits per heavy atom. The maximum absolute atomic E-state index is 6.38. The maximum Gasteiger partial charge on any atom is 0.0131 e. The Morgan fingerprint density at radius 1 is 1.40 bits per heavy atom. The van der Waals surface area contributed by atoms with Gasteiger partial charge in [-0.3, -0.25) is 0 Å². The first-order valence-electron chi connectivity index (χ1n) is 6.30. The van der Waals surface area contributed by atoms with Crippen LogP contribution in [0.4, 0.5) is 0 Å². The molecule has 2 nitrogen and oxygen atoms in total. The number of nitrogens with two attached hydrogens (primary N) is 1. The molecule has 15 heavy (non-hydrogen) atoms. The molecule has 0 aromatic carbocycles. The van der Waals surface area contributed by atoms with E-state index < -0.39 is 0 Å². The second-order valence-electron chi connectivity index (χ2n) is 6.20. The van der Waals surface area contributed by atoms with Crippen LogP contribution in [0.2, 0.25) is 0 Å². The minimum Gasteiger partial charge on any atom is -0.327 e. The van der Waals surface area contributed by atoms with E-state index in [9.17, 15) is 0 Å². The van der Waals surface area contributed by atoms with Gasteiger partial charge in [0.2, 0.25) is 0 Å². The number of hydrogen-bond acceptors (Lipinski definition) is 2. The molecule has 0 spiro atoms. The molecule has 2 unspecified atom stereocenters. The van der Waals surface area contributed by atoms with Crippen LogP contribution in [-0.4, -0.2) is 30.6 Å². The van der Waals surface area contributed by atoms with E-state index in [1.807, 2.05) is 0 Å². The molecule has 1 saturated carbocycles. The van der Waals surface area contributed by atoms with Gasteiger partial charge in [-0.15, -0.1) is 0 Å². The zero-order valence-electron chi connectivity index (χ0n) is 11.1. The van der Waals surface area contributed by atoms with Gasteiger partial charge in [0, 0.05) is 18.6 Å². The summed E-state index contributed by atoms with van der Waals surface area (Å²) in [5, 5.41) is 0. The molecule has 2 heteroatoms. The summed E-state index contributed by atoms with van der Waals surface area (Å²) in [5.41, 5.74) is 6.71. The first-order chi connectivity index (χ1) is 6.84. The molecule has 1 aliphatic rings. The van der Waals surface area contributed by atoms with Gasteiger partial charge in [0.25, 0.3) is 0 Å². The van der Waals surface area contributed by atoms with Gasteiger partial charge in [-0.1, -0.05) is 20.3 Å². The summed E-state index contributed by atoms with van der Waals surface area (Å²) in [5.74, 6) is 0.682. The molecule has 2 atom stereocenters. The third-order valence-corrected chi connectivity index (χ3v) is 4.21. The molecule has 0 aromatic heterocycles. The monoisotopic (exact) mass is 212 g/mol. The summed E-state index contributed by atoms with van der Waals surface area (Å²) >= 11 is 0. The molecule has 0 bridgehead atoms. The first kappa shape index (κ1) is 13.0. The molecule has 0 saturated heterocycles. The van der Waals surface area contributed by atoms with Crippen LogP contribution >= 0.6 is 0 Å². The third-order valence-electron chi connectivity index (χ3n) is 4.21. The van der Waals surface area contributed by atoms with Gasteiger partial charge in [0.05, 0.1) is 0 Å². The van der Waals surface area contributed by atoms with E-state index in [2.05, 4.69) is 39.6 Å². The van der Waals surface area contributed by atoms with E-state index in [1.54, 1.807) is 0 Å². The summed E-state index contributed by atoms with van der Waals surface area (Å²) in [6.07, 6.45) is 3.94. The second-order valence-corrected chi connectivity index (χ2v) is 6.20. The maximum atomic E-state index is 6.38. The Balaban J connectivity index is 2.55. The molecule has 0 aromatic rings. The highest BCUT2D eigenvalue weighted by atomic mass is 15.1. The zero-order chi connectivity index (χ0) is 11.6. The van der Waals surface area contributed by atoms with Crippen molar-refractivity contribution in [2.75, 3.05) is 13.6 Å². The lowest BCUT2D eigenvalue weighted by molar-refractivity contribution is 0.102. The molecule has 90 valence electrons. The van der Waals surface area contributed by atoms with Crippen molar-refractivity contribution in [2.24, 2.45) is 17.1 Å². The van der Waals surface area contributed by atoms with Crippen LogP contribution in [0.15, 0.2) is 0 Å². The van der Waals surface area contributed by atoms with Crippen LogP contribution in [-0.2, 0) is 0 Å². The minimum absolute atomic E-state index is 0.334. The van der Waals surface area contributed by atoms with E-state index in [-0.39, 0.29) is 0 Å². The Hall–Kier alpha value is -0.0800. The van der Waals surface area contributed by atoms with Gasteiger partial charge in [-0.05, 0) is 45.1 Å². The molecule has 0 radical (unpaired) electrons. The van der Waals surface area contributed by atoms with Crippen molar-refractivity contribution in [3.05, 3.63) is 0 Å². The average Bonchev–Trinajstić information content (AvgIpc) is 2.12. The summed E-state index contributed by atoms with van der Waals surface area (Å²) in [4.78, 5) is 2.42. The highest BCUT2D eigenvalue weighted by Gasteiger charge is 2.36. The predicted molar refractivity (Wildman–Crippen MR) is 66.9 cm³/mol. The Bertz CT molecular complexity index is 199. The van der Waals surface area contributed by atoms with Crippen molar-refractivity contribution in [2.45, 2.75) is 59.0 Å². The quantitative estimate of drug-likeness (QED) is 0.779. The topological polar surface area (TPSA) is 29.3 Å². The van der Waals surface area contributed by atoms with Gasteiger partial charge in [-0.25, -0.2) is 0 Å². The Labute approximate surface area is 95.2 Å². The van der Waals surface area contributed by atoms with Gasteiger partial charge >= 0.3 is 0 Å². The standard InChI is InChI=1S/C13H28N2/c1-10(2)15(5)9-11-7-6-8-13(3,4)12(11)14/h10-12H,6-9,14H2,1-5H3. The fourth-order valence-electron chi connectivity index (χ4n) is 2.59. The largest absolute Gasteiger partial charge is 0.327 e. The van der Waals surface area contributed by atoms with E-state index >= 15 is 0 Å². The minimum atomic E-state index is 0.334. The summed E-state index contributed by atoms with van der Waals surface area (Å²) in [7, 11) is 2.21. The third kappa shape index (κ3) is 3.18. The zero-order valence-corrected chi connectivity index (χ0v) is 11.1. The van der Waals surface area contributed by atoms with Crippen LogP contribution in [0.1, 0.15) is 47.0 Å². The van der Waals surface area contributed by atoms with Crippen LogP contribution < -0.4 is 5.73 Å². The fraction of sp³-hybridized carbons (Fsp3) is 1.00. The SMILES string of the molecule is CC(C)N(C)CC1CCCC(C)(C)C1N. The van der Waals surface area contributed by atoms with E-state index in [4.69, 9.17) is 5.73 Å². The molecule has 0 amide bonds. The average molecular weight is 212 g/mol. The highest BCUT2D eigenvalue weighted by Crippen LogP contribution is 2.37. The fourth-order valence-corrected chi connectivity index (χ4v) is 2.59. The van der Waals surface area contributed by atoms with Crippen molar-refractivity contribution in [1.82, 2.24) is 4.90 Å². The van der Waals surface area contributed by atoms with Crippen molar-refractivity contribution >= 4 is 0 Å². The van der Waals surface area contributed by atoms with Gasteiger partial charge < -0.3 is 10.6 Å². The van der Waals surface area contributed by atoms with E-state index in [0.717, 1.165) is 6.54 Å². The van der Waals surface area contributed by atoms with Gasteiger partial charge in [-0.2, -0.15) is 0 Å². The molecule has 0 heterocycles. The molecule has 1 aliphatic carbocycles. The predicted octanol–water partition coefficient (Wildman–Crippen LogP) is 2.48. The Kier molecular flexibility index (Phi) is 4.19. The lowest BCUT2D eigenvalue weighted by Gasteiger charge is -2.43. The lowest BCUT2D eigenvalue weighted by atomic mass is 9.68. The number of rotatable bonds is 3. The van der Waals surface area contributed by atoms with Crippen molar-refractivity contribution in [3.63, 3.8) is 0 Å². The first-order valence-corrected chi connectivity index (χ1v) is 6.30. The Morgan fingerprint density at radius 3 is 2.53 bits per heavy atom. The molecule has 1 fully saturated rings. The second kappa shape index (κ2) is 4.84. The van der Waals surface area contributed by atoms with Crippen molar-refractivity contribution in [3.8, 4) is 0 Å². The van der Waals surface area contributed by atoms with E-state index in [0.29, 0.717) is 23.4 Å².